The molecule has 0 atom stereocenters. The predicted octanol–water partition coefficient (Wildman–Crippen LogP) is 4.06. The van der Waals surface area contributed by atoms with Crippen molar-refractivity contribution in [1.29, 1.82) is 0 Å². The molecule has 3 N–H and O–H groups in total. The lowest BCUT2D eigenvalue weighted by molar-refractivity contribution is -0.129. The summed E-state index contributed by atoms with van der Waals surface area (Å²) in [6.45, 7) is 4.49. The van der Waals surface area contributed by atoms with Gasteiger partial charge < -0.3 is 19.2 Å². The van der Waals surface area contributed by atoms with E-state index >= 15 is 0 Å². The molecule has 34 heavy (non-hydrogen) atoms. The molecule has 0 unspecified atom stereocenters. The number of fused-ring (bicyclic) bond motifs is 1. The number of ether oxygens (including phenoxy) is 3. The molecule has 0 saturated heterocycles. The Morgan fingerprint density at radius 1 is 1.03 bits per heavy atom. The smallest absolute Gasteiger partial charge is 0.262 e. The summed E-state index contributed by atoms with van der Waals surface area (Å²) in [7, 11) is 3.05. The van der Waals surface area contributed by atoms with Crippen LogP contribution >= 0.6 is 0 Å². The van der Waals surface area contributed by atoms with Crippen LogP contribution in [-0.2, 0) is 4.79 Å². The van der Waals surface area contributed by atoms with E-state index in [-0.39, 0.29) is 11.5 Å². The SMILES string of the molecule is COc1cc(OC)c2c(=O)[nH]c(-c3cc(C)c(OCCCCCCC(=O)NO)c(C)c3)nc2c1. The van der Waals surface area contributed by atoms with Gasteiger partial charge in [0.25, 0.3) is 5.56 Å². The van der Waals surface area contributed by atoms with E-state index in [0.29, 0.717) is 41.3 Å². The lowest BCUT2D eigenvalue weighted by Crippen LogP contribution is -2.17. The van der Waals surface area contributed by atoms with Crippen LogP contribution in [0.3, 0.4) is 0 Å². The van der Waals surface area contributed by atoms with Crippen molar-refractivity contribution in [1.82, 2.24) is 15.4 Å². The number of carbonyl (C=O) groups excluding carboxylic acids is 1. The van der Waals surface area contributed by atoms with E-state index in [0.717, 1.165) is 48.1 Å². The Morgan fingerprint density at radius 3 is 2.38 bits per heavy atom. The number of H-pyrrole nitrogens is 1. The molecular weight excluding hydrogens is 438 g/mol. The fourth-order valence-corrected chi connectivity index (χ4v) is 3.91. The van der Waals surface area contributed by atoms with Crippen molar-refractivity contribution in [2.24, 2.45) is 0 Å². The number of rotatable bonds is 11. The Balaban J connectivity index is 1.74. The molecule has 3 aromatic rings. The van der Waals surface area contributed by atoms with E-state index in [4.69, 9.17) is 19.4 Å². The van der Waals surface area contributed by atoms with E-state index in [1.807, 2.05) is 26.0 Å². The number of hydrogen-bond acceptors (Lipinski definition) is 7. The molecule has 0 aliphatic rings. The number of nitrogens with zero attached hydrogens (tertiary/aromatic N) is 1. The van der Waals surface area contributed by atoms with E-state index in [1.54, 1.807) is 24.7 Å². The summed E-state index contributed by atoms with van der Waals surface area (Å²) in [5, 5.41) is 8.87. The van der Waals surface area contributed by atoms with Gasteiger partial charge in [-0.25, -0.2) is 10.5 Å². The number of unbranched alkanes of at least 4 members (excludes halogenated alkanes) is 3. The van der Waals surface area contributed by atoms with E-state index in [9.17, 15) is 9.59 Å². The van der Waals surface area contributed by atoms with Gasteiger partial charge in [-0.3, -0.25) is 14.8 Å². The Labute approximate surface area is 198 Å². The monoisotopic (exact) mass is 469 g/mol. The molecule has 0 spiro atoms. The quantitative estimate of drug-likeness (QED) is 0.220. The topological polar surface area (TPSA) is 123 Å². The van der Waals surface area contributed by atoms with Crippen molar-refractivity contribution in [3.8, 4) is 28.6 Å². The summed E-state index contributed by atoms with van der Waals surface area (Å²) in [6, 6.07) is 7.25. The first-order valence-corrected chi connectivity index (χ1v) is 11.2. The number of amides is 1. The van der Waals surface area contributed by atoms with Crippen molar-refractivity contribution in [2.45, 2.75) is 46.0 Å². The van der Waals surface area contributed by atoms with Gasteiger partial charge in [-0.2, -0.15) is 0 Å². The van der Waals surface area contributed by atoms with Gasteiger partial charge in [0.05, 0.1) is 26.3 Å². The van der Waals surface area contributed by atoms with Gasteiger partial charge in [0, 0.05) is 24.1 Å². The van der Waals surface area contributed by atoms with Crippen LogP contribution in [0.2, 0.25) is 0 Å². The minimum Gasteiger partial charge on any atom is -0.497 e. The minimum absolute atomic E-state index is 0.286. The predicted molar refractivity (Wildman–Crippen MR) is 129 cm³/mol. The second kappa shape index (κ2) is 11.5. The number of hydroxylamine groups is 1. The zero-order valence-electron chi connectivity index (χ0n) is 20.0. The van der Waals surface area contributed by atoms with Gasteiger partial charge in [-0.15, -0.1) is 0 Å². The van der Waals surface area contributed by atoms with Crippen LogP contribution in [0, 0.1) is 13.8 Å². The fourth-order valence-electron chi connectivity index (χ4n) is 3.91. The zero-order chi connectivity index (χ0) is 24.7. The summed E-state index contributed by atoms with van der Waals surface area (Å²) in [5.41, 5.74) is 4.52. The molecule has 0 aliphatic carbocycles. The van der Waals surface area contributed by atoms with Crippen molar-refractivity contribution in [3.05, 3.63) is 45.7 Å². The van der Waals surface area contributed by atoms with Crippen molar-refractivity contribution in [3.63, 3.8) is 0 Å². The number of carbonyl (C=O) groups is 1. The molecule has 2 aromatic carbocycles. The molecule has 0 radical (unpaired) electrons. The highest BCUT2D eigenvalue weighted by molar-refractivity contribution is 5.87. The van der Waals surface area contributed by atoms with Gasteiger partial charge in [-0.05, 0) is 49.9 Å². The first kappa shape index (κ1) is 25.0. The summed E-state index contributed by atoms with van der Waals surface area (Å²) in [6.07, 6.45) is 3.74. The van der Waals surface area contributed by atoms with E-state index < -0.39 is 0 Å². The Kier molecular flexibility index (Phi) is 8.48. The highest BCUT2D eigenvalue weighted by atomic mass is 16.5. The van der Waals surface area contributed by atoms with Crippen LogP contribution in [0.1, 0.15) is 43.2 Å². The molecule has 0 fully saturated rings. The lowest BCUT2D eigenvalue weighted by Gasteiger charge is -2.14. The maximum Gasteiger partial charge on any atom is 0.262 e. The molecule has 0 aliphatic heterocycles. The summed E-state index contributed by atoms with van der Waals surface area (Å²) in [4.78, 5) is 31.3. The average Bonchev–Trinajstić information content (AvgIpc) is 2.83. The number of benzene rings is 2. The van der Waals surface area contributed by atoms with Gasteiger partial charge in [0.2, 0.25) is 5.91 Å². The van der Waals surface area contributed by atoms with E-state index in [1.165, 1.54) is 7.11 Å². The van der Waals surface area contributed by atoms with Crippen LogP contribution < -0.4 is 25.2 Å². The third-order valence-electron chi connectivity index (χ3n) is 5.60. The van der Waals surface area contributed by atoms with E-state index in [2.05, 4.69) is 9.97 Å². The fraction of sp³-hybridized carbons (Fsp3) is 0.400. The molecule has 9 nitrogen and oxygen atoms in total. The third-order valence-corrected chi connectivity index (χ3v) is 5.60. The van der Waals surface area contributed by atoms with Crippen LogP contribution in [0.5, 0.6) is 17.2 Å². The zero-order valence-corrected chi connectivity index (χ0v) is 20.0. The normalized spacial score (nSPS) is 10.9. The molecule has 0 bridgehead atoms. The summed E-state index contributed by atoms with van der Waals surface area (Å²) in [5.74, 6) is 1.87. The third kappa shape index (κ3) is 5.85. The highest BCUT2D eigenvalue weighted by Crippen LogP contribution is 2.31. The molecule has 3 rings (SSSR count). The maximum absolute atomic E-state index is 12.8. The molecule has 9 heteroatoms. The second-order valence-corrected chi connectivity index (χ2v) is 8.13. The number of aryl methyl sites for hydroxylation is 2. The number of nitrogens with one attached hydrogen (secondary N) is 2. The first-order chi connectivity index (χ1) is 16.4. The van der Waals surface area contributed by atoms with Crippen molar-refractivity contribution < 1.29 is 24.2 Å². The first-order valence-electron chi connectivity index (χ1n) is 11.2. The number of aromatic amines is 1. The molecule has 0 saturated carbocycles. The molecular formula is C25H31N3O6. The van der Waals surface area contributed by atoms with Crippen LogP contribution in [0.4, 0.5) is 0 Å². The summed E-state index contributed by atoms with van der Waals surface area (Å²) < 4.78 is 16.7. The molecule has 182 valence electrons. The molecule has 1 amide bonds. The van der Waals surface area contributed by atoms with Gasteiger partial charge in [0.1, 0.15) is 28.5 Å². The van der Waals surface area contributed by atoms with Gasteiger partial charge >= 0.3 is 0 Å². The Hall–Kier alpha value is -3.59. The number of aromatic nitrogens is 2. The van der Waals surface area contributed by atoms with Crippen molar-refractivity contribution in [2.75, 3.05) is 20.8 Å². The average molecular weight is 470 g/mol. The minimum atomic E-state index is -0.358. The van der Waals surface area contributed by atoms with Crippen molar-refractivity contribution >= 4 is 16.8 Å². The Morgan fingerprint density at radius 2 is 1.74 bits per heavy atom. The standard InChI is InChI=1S/C25H31N3O6/c1-15-11-17(12-16(2)23(15)34-10-8-6-5-7-9-21(29)28-31)24-26-19-13-18(32-3)14-20(33-4)22(19)25(30)27-24/h11-14,31H,5-10H2,1-4H3,(H,28,29)(H,26,27,30). The number of hydrogen-bond donors (Lipinski definition) is 3. The Bertz CT molecular complexity index is 1200. The number of methoxy groups -OCH3 is 2. The molecule has 1 aromatic heterocycles. The van der Waals surface area contributed by atoms with Crippen LogP contribution in [0.15, 0.2) is 29.1 Å². The van der Waals surface area contributed by atoms with Crippen LogP contribution in [-0.4, -0.2) is 41.9 Å². The maximum atomic E-state index is 12.8. The van der Waals surface area contributed by atoms with Crippen LogP contribution in [0.25, 0.3) is 22.3 Å². The highest BCUT2D eigenvalue weighted by Gasteiger charge is 2.15. The lowest BCUT2D eigenvalue weighted by atomic mass is 10.0. The second-order valence-electron chi connectivity index (χ2n) is 8.13. The molecule has 1 heterocycles. The largest absolute Gasteiger partial charge is 0.497 e. The summed E-state index contributed by atoms with van der Waals surface area (Å²) >= 11 is 0. The van der Waals surface area contributed by atoms with Gasteiger partial charge in [0.15, 0.2) is 0 Å². The van der Waals surface area contributed by atoms with Gasteiger partial charge in [-0.1, -0.05) is 12.8 Å².